The predicted octanol–water partition coefficient (Wildman–Crippen LogP) is 4.25. The molecule has 0 aliphatic carbocycles. The molecule has 1 N–H and O–H groups in total. The largest absolute Gasteiger partial charge is 0.383 e. The van der Waals surface area contributed by atoms with Crippen molar-refractivity contribution in [3.05, 3.63) is 55.6 Å². The van der Waals surface area contributed by atoms with Crippen molar-refractivity contribution in [2.75, 3.05) is 0 Å². The normalized spacial score (nSPS) is 12.7. The van der Waals surface area contributed by atoms with Crippen molar-refractivity contribution in [2.24, 2.45) is 0 Å². The Hall–Kier alpha value is -0.350. The van der Waals surface area contributed by atoms with Gasteiger partial charge in [0.15, 0.2) is 0 Å². The third-order valence-electron chi connectivity index (χ3n) is 2.05. The van der Waals surface area contributed by atoms with Crippen LogP contribution in [0.2, 0.25) is 5.02 Å². The summed E-state index contributed by atoms with van der Waals surface area (Å²) in [7, 11) is 0. The first-order valence-corrected chi connectivity index (χ1v) is 6.34. The molecule has 2 rings (SSSR count). The van der Waals surface area contributed by atoms with E-state index in [0.717, 1.165) is 14.2 Å². The van der Waals surface area contributed by atoms with Crippen LogP contribution in [0.4, 0.5) is 0 Å². The van der Waals surface area contributed by atoms with Crippen molar-refractivity contribution in [1.82, 2.24) is 0 Å². The van der Waals surface area contributed by atoms with E-state index in [9.17, 15) is 5.11 Å². The number of aliphatic hydroxyl groups is 1. The molecular formula is C11H8BrClOS. The molecule has 1 unspecified atom stereocenters. The summed E-state index contributed by atoms with van der Waals surface area (Å²) in [6, 6.07) is 11.1. The number of hydrogen-bond acceptors (Lipinski definition) is 2. The van der Waals surface area contributed by atoms with Gasteiger partial charge in [-0.05, 0) is 45.8 Å². The Kier molecular flexibility index (Phi) is 3.46. The van der Waals surface area contributed by atoms with Gasteiger partial charge in [0.05, 0.1) is 3.79 Å². The van der Waals surface area contributed by atoms with Crippen LogP contribution in [0.3, 0.4) is 0 Å². The van der Waals surface area contributed by atoms with E-state index in [1.54, 1.807) is 12.1 Å². The Labute approximate surface area is 105 Å². The van der Waals surface area contributed by atoms with E-state index in [0.29, 0.717) is 5.02 Å². The molecule has 0 spiro atoms. The van der Waals surface area contributed by atoms with Gasteiger partial charge in [-0.3, -0.25) is 0 Å². The summed E-state index contributed by atoms with van der Waals surface area (Å²) in [6.45, 7) is 0. The molecule has 15 heavy (non-hydrogen) atoms. The van der Waals surface area contributed by atoms with Crippen molar-refractivity contribution in [3.63, 3.8) is 0 Å². The molecule has 0 fully saturated rings. The Bertz CT molecular complexity index is 452. The predicted molar refractivity (Wildman–Crippen MR) is 67.5 cm³/mol. The highest BCUT2D eigenvalue weighted by Crippen LogP contribution is 2.31. The Morgan fingerprint density at radius 3 is 2.33 bits per heavy atom. The van der Waals surface area contributed by atoms with Crippen LogP contribution in [0.5, 0.6) is 0 Å². The summed E-state index contributed by atoms with van der Waals surface area (Å²) < 4.78 is 1.02. The van der Waals surface area contributed by atoms with E-state index >= 15 is 0 Å². The minimum Gasteiger partial charge on any atom is -0.383 e. The second-order valence-corrected chi connectivity index (χ2v) is 6.03. The van der Waals surface area contributed by atoms with E-state index in [4.69, 9.17) is 11.6 Å². The molecule has 1 aromatic heterocycles. The lowest BCUT2D eigenvalue weighted by molar-refractivity contribution is 0.224. The monoisotopic (exact) mass is 302 g/mol. The quantitative estimate of drug-likeness (QED) is 0.879. The SMILES string of the molecule is OC(c1ccc(Cl)cc1)c1ccc(Br)s1. The summed E-state index contributed by atoms with van der Waals surface area (Å²) in [6.07, 6.45) is -0.571. The number of aliphatic hydroxyl groups excluding tert-OH is 1. The maximum Gasteiger partial charge on any atom is 0.113 e. The van der Waals surface area contributed by atoms with E-state index in [1.165, 1.54) is 11.3 Å². The third-order valence-corrected chi connectivity index (χ3v) is 3.98. The molecule has 1 heterocycles. The molecule has 0 aliphatic rings. The lowest BCUT2D eigenvalue weighted by Gasteiger charge is -2.08. The van der Waals surface area contributed by atoms with Crippen molar-refractivity contribution in [3.8, 4) is 0 Å². The van der Waals surface area contributed by atoms with E-state index in [1.807, 2.05) is 24.3 Å². The molecule has 0 saturated heterocycles. The fraction of sp³-hybridized carbons (Fsp3) is 0.0909. The summed E-state index contributed by atoms with van der Waals surface area (Å²) in [5.74, 6) is 0. The lowest BCUT2D eigenvalue weighted by atomic mass is 10.1. The summed E-state index contributed by atoms with van der Waals surface area (Å²) in [4.78, 5) is 0.921. The van der Waals surface area contributed by atoms with Crippen LogP contribution in [0, 0.1) is 0 Å². The zero-order valence-electron chi connectivity index (χ0n) is 7.65. The molecule has 2 aromatic rings. The van der Waals surface area contributed by atoms with Gasteiger partial charge in [-0.15, -0.1) is 11.3 Å². The second kappa shape index (κ2) is 4.66. The summed E-state index contributed by atoms with van der Waals surface area (Å²) in [5.41, 5.74) is 0.855. The highest BCUT2D eigenvalue weighted by molar-refractivity contribution is 9.11. The highest BCUT2D eigenvalue weighted by atomic mass is 79.9. The molecule has 0 bridgehead atoms. The van der Waals surface area contributed by atoms with Gasteiger partial charge in [-0.2, -0.15) is 0 Å². The van der Waals surface area contributed by atoms with Crippen LogP contribution in [-0.4, -0.2) is 5.11 Å². The smallest absolute Gasteiger partial charge is 0.113 e. The Morgan fingerprint density at radius 1 is 1.13 bits per heavy atom. The van der Waals surface area contributed by atoms with Gasteiger partial charge in [0.1, 0.15) is 6.10 Å². The maximum absolute atomic E-state index is 10.0. The van der Waals surface area contributed by atoms with Crippen LogP contribution in [0.1, 0.15) is 16.5 Å². The first-order valence-electron chi connectivity index (χ1n) is 4.35. The second-order valence-electron chi connectivity index (χ2n) is 3.10. The standard InChI is InChI=1S/C11H8BrClOS/c12-10-6-5-9(15-10)11(14)7-1-3-8(13)4-2-7/h1-6,11,14H. The van der Waals surface area contributed by atoms with Crippen molar-refractivity contribution < 1.29 is 5.11 Å². The van der Waals surface area contributed by atoms with Gasteiger partial charge in [-0.25, -0.2) is 0 Å². The van der Waals surface area contributed by atoms with E-state index in [-0.39, 0.29) is 0 Å². The average Bonchev–Trinajstić information content (AvgIpc) is 2.65. The fourth-order valence-electron chi connectivity index (χ4n) is 1.28. The van der Waals surface area contributed by atoms with E-state index in [2.05, 4.69) is 15.9 Å². The first-order chi connectivity index (χ1) is 7.16. The number of thiophene rings is 1. The number of benzene rings is 1. The molecular weight excluding hydrogens is 296 g/mol. The van der Waals surface area contributed by atoms with E-state index < -0.39 is 6.10 Å². The molecule has 1 aromatic carbocycles. The first kappa shape index (κ1) is 11.1. The highest BCUT2D eigenvalue weighted by Gasteiger charge is 2.12. The van der Waals surface area contributed by atoms with Gasteiger partial charge < -0.3 is 5.11 Å². The molecule has 78 valence electrons. The van der Waals surface area contributed by atoms with Crippen molar-refractivity contribution >= 4 is 38.9 Å². The van der Waals surface area contributed by atoms with Crippen molar-refractivity contribution in [1.29, 1.82) is 0 Å². The van der Waals surface area contributed by atoms with Gasteiger partial charge in [0.2, 0.25) is 0 Å². The van der Waals surface area contributed by atoms with Crippen LogP contribution in [0.15, 0.2) is 40.2 Å². The number of rotatable bonds is 2. The Morgan fingerprint density at radius 2 is 1.80 bits per heavy atom. The molecule has 4 heteroatoms. The van der Waals surface area contributed by atoms with Crippen molar-refractivity contribution in [2.45, 2.75) is 6.10 Å². The zero-order chi connectivity index (χ0) is 10.8. The summed E-state index contributed by atoms with van der Waals surface area (Å²) in [5, 5.41) is 10.7. The molecule has 1 nitrogen and oxygen atoms in total. The van der Waals surface area contributed by atoms with Gasteiger partial charge >= 0.3 is 0 Å². The lowest BCUT2D eigenvalue weighted by Crippen LogP contribution is -1.95. The molecule has 1 atom stereocenters. The van der Waals surface area contributed by atoms with Crippen LogP contribution < -0.4 is 0 Å². The topological polar surface area (TPSA) is 20.2 Å². The fourth-order valence-corrected chi connectivity index (χ4v) is 2.85. The van der Waals surface area contributed by atoms with Crippen LogP contribution in [-0.2, 0) is 0 Å². The van der Waals surface area contributed by atoms with Gasteiger partial charge in [-0.1, -0.05) is 23.7 Å². The van der Waals surface area contributed by atoms with Gasteiger partial charge in [0.25, 0.3) is 0 Å². The number of halogens is 2. The maximum atomic E-state index is 10.0. The summed E-state index contributed by atoms with van der Waals surface area (Å²) >= 11 is 10.7. The minimum atomic E-state index is -0.571. The average molecular weight is 304 g/mol. The third kappa shape index (κ3) is 2.61. The van der Waals surface area contributed by atoms with Crippen LogP contribution >= 0.6 is 38.9 Å². The molecule has 0 aliphatic heterocycles. The van der Waals surface area contributed by atoms with Gasteiger partial charge in [0, 0.05) is 9.90 Å². The minimum absolute atomic E-state index is 0.571. The number of hydrogen-bond donors (Lipinski definition) is 1. The zero-order valence-corrected chi connectivity index (χ0v) is 10.8. The molecule has 0 radical (unpaired) electrons. The Balaban J connectivity index is 2.28. The molecule has 0 saturated carbocycles. The van der Waals surface area contributed by atoms with Crippen LogP contribution in [0.25, 0.3) is 0 Å². The molecule has 0 amide bonds.